The minimum Gasteiger partial charge on any atom is -0.345 e. The number of carbonyl (C=O) groups is 2. The molecule has 0 radical (unpaired) electrons. The number of benzene rings is 1. The Morgan fingerprint density at radius 1 is 1.04 bits per heavy atom. The number of ketones is 1. The predicted octanol–water partition coefficient (Wildman–Crippen LogP) is 3.27. The molecule has 0 fully saturated rings. The molecule has 0 spiro atoms. The minimum atomic E-state index is -4.90. The number of halogens is 5. The predicted molar refractivity (Wildman–Crippen MR) is 79.6 cm³/mol. The van der Waals surface area contributed by atoms with Crippen LogP contribution in [0.4, 0.5) is 17.6 Å². The van der Waals surface area contributed by atoms with Gasteiger partial charge in [0.1, 0.15) is 5.82 Å². The van der Waals surface area contributed by atoms with Gasteiger partial charge >= 0.3 is 6.18 Å². The second kappa shape index (κ2) is 7.87. The number of pyridine rings is 1. The third kappa shape index (κ3) is 4.76. The van der Waals surface area contributed by atoms with Gasteiger partial charge in [0, 0.05) is 23.5 Å². The highest BCUT2D eigenvalue weighted by atomic mass is 35.5. The normalized spacial score (nSPS) is 10.7. The lowest BCUT2D eigenvalue weighted by Gasteiger charge is -2.10. The van der Waals surface area contributed by atoms with Gasteiger partial charge in [0.15, 0.2) is 5.78 Å². The molecule has 0 saturated heterocycles. The molecule has 0 bridgehead atoms. The van der Waals surface area contributed by atoms with Crippen LogP contribution in [0.2, 0.25) is 0 Å². The van der Waals surface area contributed by atoms with E-state index < -0.39 is 35.8 Å². The van der Waals surface area contributed by atoms with E-state index in [1.54, 1.807) is 0 Å². The molecule has 0 atom stereocenters. The average molecular weight is 363 g/mol. The van der Waals surface area contributed by atoms with Gasteiger partial charge in [0.25, 0.3) is 5.91 Å². The van der Waals surface area contributed by atoms with E-state index in [9.17, 15) is 27.2 Å². The molecule has 1 aromatic carbocycles. The van der Waals surface area contributed by atoms with Crippen LogP contribution in [0.1, 0.15) is 26.3 Å². The van der Waals surface area contributed by atoms with Gasteiger partial charge in [-0.2, -0.15) is 13.2 Å². The second-order valence-corrected chi connectivity index (χ2v) is 4.53. The van der Waals surface area contributed by atoms with E-state index in [4.69, 9.17) is 0 Å². The Balaban J connectivity index is 0.00000288. The van der Waals surface area contributed by atoms with Gasteiger partial charge < -0.3 is 5.32 Å². The van der Waals surface area contributed by atoms with Crippen LogP contribution in [0.5, 0.6) is 0 Å². The van der Waals surface area contributed by atoms with Gasteiger partial charge in [-0.15, -0.1) is 12.4 Å². The fourth-order valence-corrected chi connectivity index (χ4v) is 1.78. The smallest absolute Gasteiger partial charge is 0.345 e. The van der Waals surface area contributed by atoms with E-state index in [-0.39, 0.29) is 23.5 Å². The summed E-state index contributed by atoms with van der Waals surface area (Å²) in [6, 6.07) is 4.77. The summed E-state index contributed by atoms with van der Waals surface area (Å²) >= 11 is 0. The van der Waals surface area contributed by atoms with Crippen LogP contribution in [-0.2, 0) is 6.18 Å². The van der Waals surface area contributed by atoms with Crippen molar-refractivity contribution in [1.29, 1.82) is 0 Å². The summed E-state index contributed by atoms with van der Waals surface area (Å²) in [6.45, 7) is -0.510. The Morgan fingerprint density at radius 3 is 2.25 bits per heavy atom. The molecule has 4 nitrogen and oxygen atoms in total. The molecule has 1 heterocycles. The van der Waals surface area contributed by atoms with Crippen molar-refractivity contribution in [2.24, 2.45) is 0 Å². The van der Waals surface area contributed by atoms with Crippen molar-refractivity contribution in [2.45, 2.75) is 6.18 Å². The van der Waals surface area contributed by atoms with Crippen LogP contribution in [0.3, 0.4) is 0 Å². The van der Waals surface area contributed by atoms with Crippen molar-refractivity contribution in [3.63, 3.8) is 0 Å². The van der Waals surface area contributed by atoms with Crippen molar-refractivity contribution in [3.8, 4) is 0 Å². The molecule has 2 aromatic rings. The first-order valence-electron chi connectivity index (χ1n) is 6.37. The highest BCUT2D eigenvalue weighted by Gasteiger charge is 2.34. The molecule has 128 valence electrons. The number of rotatable bonds is 4. The number of nitrogens with zero attached hydrogens (tertiary/aromatic N) is 1. The highest BCUT2D eigenvalue weighted by Crippen LogP contribution is 2.31. The number of nitrogens with one attached hydrogen (secondary N) is 1. The molecule has 24 heavy (non-hydrogen) atoms. The first kappa shape index (κ1) is 19.6. The number of carbonyl (C=O) groups excluding carboxylic acids is 2. The monoisotopic (exact) mass is 362 g/mol. The van der Waals surface area contributed by atoms with Crippen molar-refractivity contribution in [3.05, 3.63) is 65.2 Å². The zero-order valence-corrected chi connectivity index (χ0v) is 12.7. The lowest BCUT2D eigenvalue weighted by molar-refractivity contribution is -0.140. The molecule has 1 amide bonds. The average Bonchev–Trinajstić information content (AvgIpc) is 2.52. The molecule has 9 heteroatoms. The largest absolute Gasteiger partial charge is 0.419 e. The molecule has 0 aliphatic carbocycles. The van der Waals surface area contributed by atoms with Crippen LogP contribution in [0.15, 0.2) is 42.7 Å². The van der Waals surface area contributed by atoms with Gasteiger partial charge in [0.2, 0.25) is 0 Å². The summed E-state index contributed by atoms with van der Waals surface area (Å²) in [5, 5.41) is 2.28. The quantitative estimate of drug-likeness (QED) is 0.671. The van der Waals surface area contributed by atoms with Gasteiger partial charge in [0.05, 0.1) is 12.1 Å². The third-order valence-electron chi connectivity index (χ3n) is 2.95. The Morgan fingerprint density at radius 2 is 1.67 bits per heavy atom. The molecular formula is C15H11ClF4N2O2. The number of aromatic nitrogens is 1. The summed E-state index contributed by atoms with van der Waals surface area (Å²) in [4.78, 5) is 27.3. The van der Waals surface area contributed by atoms with Crippen molar-refractivity contribution in [1.82, 2.24) is 10.3 Å². The zero-order valence-electron chi connectivity index (χ0n) is 11.9. The highest BCUT2D eigenvalue weighted by molar-refractivity contribution is 6.02. The number of hydrogen-bond acceptors (Lipinski definition) is 3. The van der Waals surface area contributed by atoms with E-state index in [0.29, 0.717) is 12.1 Å². The second-order valence-electron chi connectivity index (χ2n) is 4.53. The van der Waals surface area contributed by atoms with Gasteiger partial charge in [-0.3, -0.25) is 14.6 Å². The first-order chi connectivity index (χ1) is 10.8. The van der Waals surface area contributed by atoms with E-state index in [1.165, 1.54) is 24.5 Å². The van der Waals surface area contributed by atoms with Gasteiger partial charge in [-0.1, -0.05) is 0 Å². The standard InChI is InChI=1S/C15H10F4N2O2.ClH/c16-12-2-1-10(7-11(12)15(17,18)19)13(22)8-21-14(23)9-3-5-20-6-4-9;/h1-7H,8H2,(H,21,23);1H. The van der Waals surface area contributed by atoms with E-state index >= 15 is 0 Å². The lowest BCUT2D eigenvalue weighted by atomic mass is 10.1. The van der Waals surface area contributed by atoms with E-state index in [1.807, 2.05) is 0 Å². The summed E-state index contributed by atoms with van der Waals surface area (Å²) in [5.41, 5.74) is -1.61. The molecular weight excluding hydrogens is 352 g/mol. The number of hydrogen-bond donors (Lipinski definition) is 1. The number of amides is 1. The van der Waals surface area contributed by atoms with Crippen LogP contribution in [0.25, 0.3) is 0 Å². The number of alkyl halides is 3. The summed E-state index contributed by atoms with van der Waals surface area (Å²) in [6.07, 6.45) is -2.14. The third-order valence-corrected chi connectivity index (χ3v) is 2.95. The van der Waals surface area contributed by atoms with Crippen LogP contribution in [-0.4, -0.2) is 23.2 Å². The molecule has 1 N–H and O–H groups in total. The Hall–Kier alpha value is -2.48. The Kier molecular flexibility index (Phi) is 6.42. The molecule has 1 aromatic heterocycles. The first-order valence-corrected chi connectivity index (χ1v) is 6.37. The fraction of sp³-hybridized carbons (Fsp3) is 0.133. The summed E-state index contributed by atoms with van der Waals surface area (Å²) < 4.78 is 51.0. The lowest BCUT2D eigenvalue weighted by Crippen LogP contribution is -2.29. The number of Topliss-reactive ketones (excluding diaryl/α,β-unsaturated/α-hetero) is 1. The summed E-state index contributed by atoms with van der Waals surface area (Å²) in [7, 11) is 0. The van der Waals surface area contributed by atoms with Gasteiger partial charge in [-0.05, 0) is 30.3 Å². The van der Waals surface area contributed by atoms with E-state index in [2.05, 4.69) is 10.3 Å². The van der Waals surface area contributed by atoms with Crippen LogP contribution < -0.4 is 5.32 Å². The molecule has 0 aliphatic heterocycles. The van der Waals surface area contributed by atoms with Crippen molar-refractivity contribution >= 4 is 24.1 Å². The maximum absolute atomic E-state index is 13.2. The SMILES string of the molecule is Cl.O=C(CNC(=O)c1ccncc1)c1ccc(F)c(C(F)(F)F)c1. The maximum atomic E-state index is 13.2. The molecule has 2 rings (SSSR count). The van der Waals surface area contributed by atoms with Crippen molar-refractivity contribution in [2.75, 3.05) is 6.54 Å². The Bertz CT molecular complexity index is 736. The Labute approximate surface area is 140 Å². The topological polar surface area (TPSA) is 59.1 Å². The van der Waals surface area contributed by atoms with Gasteiger partial charge in [-0.25, -0.2) is 4.39 Å². The van der Waals surface area contributed by atoms with Crippen molar-refractivity contribution < 1.29 is 27.2 Å². The van der Waals surface area contributed by atoms with Crippen LogP contribution in [0, 0.1) is 5.82 Å². The summed E-state index contributed by atoms with van der Waals surface area (Å²) in [5.74, 6) is -2.80. The molecule has 0 saturated carbocycles. The fourth-order valence-electron chi connectivity index (χ4n) is 1.78. The van der Waals surface area contributed by atoms with Crippen LogP contribution >= 0.6 is 12.4 Å². The molecule has 0 aliphatic rings. The molecule has 0 unspecified atom stereocenters. The zero-order chi connectivity index (χ0) is 17.0. The maximum Gasteiger partial charge on any atom is 0.419 e. The minimum absolute atomic E-state index is 0. The van der Waals surface area contributed by atoms with E-state index in [0.717, 1.165) is 6.07 Å².